The van der Waals surface area contributed by atoms with E-state index in [2.05, 4.69) is 5.32 Å². The fraction of sp³-hybridized carbons (Fsp3) is 0.143. The summed E-state index contributed by atoms with van der Waals surface area (Å²) >= 11 is 7.46. The van der Waals surface area contributed by atoms with E-state index in [9.17, 15) is 9.59 Å². The van der Waals surface area contributed by atoms with Gasteiger partial charge in [-0.05, 0) is 48.0 Å². The van der Waals surface area contributed by atoms with Gasteiger partial charge in [-0.3, -0.25) is 14.9 Å². The lowest BCUT2D eigenvalue weighted by atomic mass is 10.1. The van der Waals surface area contributed by atoms with Crippen LogP contribution in [0.4, 0.5) is 0 Å². The molecule has 0 aliphatic carbocycles. The molecule has 5 nitrogen and oxygen atoms in total. The molecule has 0 bridgehead atoms. The number of furan rings is 1. The molecule has 1 aliphatic heterocycles. The number of ether oxygens (including phenoxy) is 1. The first-order valence-corrected chi connectivity index (χ1v) is 9.84. The van der Waals surface area contributed by atoms with Gasteiger partial charge >= 0.3 is 0 Å². The van der Waals surface area contributed by atoms with Gasteiger partial charge in [0.1, 0.15) is 24.0 Å². The van der Waals surface area contributed by atoms with E-state index >= 15 is 0 Å². The Bertz CT molecular complexity index is 1020. The average molecular weight is 414 g/mol. The van der Waals surface area contributed by atoms with Crippen molar-refractivity contribution in [2.24, 2.45) is 0 Å². The van der Waals surface area contributed by atoms with E-state index in [4.69, 9.17) is 20.8 Å². The minimum Gasteiger partial charge on any atom is -0.489 e. The molecule has 4 rings (SSSR count). The van der Waals surface area contributed by atoms with E-state index in [1.54, 1.807) is 6.07 Å². The van der Waals surface area contributed by atoms with E-state index in [1.807, 2.05) is 48.5 Å². The molecule has 2 amide bonds. The smallest absolute Gasteiger partial charge is 0.237 e. The molecule has 3 aromatic rings. The highest BCUT2D eigenvalue weighted by Crippen LogP contribution is 2.38. The summed E-state index contributed by atoms with van der Waals surface area (Å²) in [5.74, 6) is 0.118. The minimum atomic E-state index is -0.565. The Labute approximate surface area is 171 Å². The second-order valence-corrected chi connectivity index (χ2v) is 7.86. The topological polar surface area (TPSA) is 68.5 Å². The number of rotatable bonds is 6. The SMILES string of the molecule is O=C1CC(c2occc2Sc2ccc(OCc3cccc(Cl)c3)cc2)C(=O)N1. The van der Waals surface area contributed by atoms with Gasteiger partial charge in [0.15, 0.2) is 0 Å². The Morgan fingerprint density at radius 3 is 2.68 bits per heavy atom. The van der Waals surface area contributed by atoms with E-state index < -0.39 is 5.92 Å². The molecule has 2 aromatic carbocycles. The molecular weight excluding hydrogens is 398 g/mol. The third-order valence-electron chi connectivity index (χ3n) is 4.29. The van der Waals surface area contributed by atoms with Crippen LogP contribution >= 0.6 is 23.4 Å². The second kappa shape index (κ2) is 8.12. The van der Waals surface area contributed by atoms with Gasteiger partial charge in [0.2, 0.25) is 11.8 Å². The molecule has 1 fully saturated rings. The number of benzene rings is 2. The van der Waals surface area contributed by atoms with Crippen LogP contribution in [-0.2, 0) is 16.2 Å². The van der Waals surface area contributed by atoms with Gasteiger partial charge in [0.25, 0.3) is 0 Å². The number of imide groups is 1. The molecule has 1 aromatic heterocycles. The molecule has 1 saturated heterocycles. The van der Waals surface area contributed by atoms with E-state index in [0.29, 0.717) is 17.4 Å². The predicted molar refractivity (Wildman–Crippen MR) is 106 cm³/mol. The van der Waals surface area contributed by atoms with Gasteiger partial charge in [-0.2, -0.15) is 0 Å². The van der Waals surface area contributed by atoms with Crippen molar-refractivity contribution in [1.82, 2.24) is 5.32 Å². The van der Waals surface area contributed by atoms with Crippen molar-refractivity contribution >= 4 is 35.2 Å². The molecule has 1 atom stereocenters. The third kappa shape index (κ3) is 4.24. The Morgan fingerprint density at radius 1 is 1.14 bits per heavy atom. The lowest BCUT2D eigenvalue weighted by molar-refractivity contribution is -0.125. The van der Waals surface area contributed by atoms with Crippen LogP contribution in [0.1, 0.15) is 23.7 Å². The number of hydrogen-bond donors (Lipinski definition) is 1. The zero-order valence-electron chi connectivity index (χ0n) is 14.7. The first-order chi connectivity index (χ1) is 13.6. The van der Waals surface area contributed by atoms with Crippen molar-refractivity contribution in [3.8, 4) is 5.75 Å². The highest BCUT2D eigenvalue weighted by Gasteiger charge is 2.35. The van der Waals surface area contributed by atoms with Gasteiger partial charge in [-0.15, -0.1) is 0 Å². The molecule has 7 heteroatoms. The van der Waals surface area contributed by atoms with Crippen LogP contribution in [0.25, 0.3) is 0 Å². The molecule has 1 unspecified atom stereocenters. The van der Waals surface area contributed by atoms with Gasteiger partial charge in [0, 0.05) is 16.3 Å². The number of halogens is 1. The Balaban J connectivity index is 1.41. The summed E-state index contributed by atoms with van der Waals surface area (Å²) in [5, 5.41) is 2.99. The molecule has 0 spiro atoms. The Hall–Kier alpha value is -2.70. The lowest BCUT2D eigenvalue weighted by Crippen LogP contribution is -2.21. The fourth-order valence-electron chi connectivity index (χ4n) is 2.94. The molecule has 142 valence electrons. The van der Waals surface area contributed by atoms with Crippen molar-refractivity contribution in [2.75, 3.05) is 0 Å². The summed E-state index contributed by atoms with van der Waals surface area (Å²) in [6.45, 7) is 0.434. The maximum absolute atomic E-state index is 11.9. The quantitative estimate of drug-likeness (QED) is 0.588. The third-order valence-corrected chi connectivity index (χ3v) is 5.59. The summed E-state index contributed by atoms with van der Waals surface area (Å²) < 4.78 is 11.3. The normalized spacial score (nSPS) is 16.2. The minimum absolute atomic E-state index is 0.121. The van der Waals surface area contributed by atoms with Crippen LogP contribution in [0.15, 0.2) is 75.1 Å². The average Bonchev–Trinajstić information content (AvgIpc) is 3.26. The molecule has 1 N–H and O–H groups in total. The van der Waals surface area contributed by atoms with E-state index in [0.717, 1.165) is 21.1 Å². The number of hydrogen-bond acceptors (Lipinski definition) is 5. The zero-order chi connectivity index (χ0) is 19.5. The van der Waals surface area contributed by atoms with Crippen LogP contribution in [-0.4, -0.2) is 11.8 Å². The summed E-state index contributed by atoms with van der Waals surface area (Å²) in [6.07, 6.45) is 1.66. The van der Waals surface area contributed by atoms with Gasteiger partial charge in [-0.25, -0.2) is 0 Å². The molecular formula is C21H16ClNO4S. The summed E-state index contributed by atoms with van der Waals surface area (Å²) in [4.78, 5) is 25.2. The van der Waals surface area contributed by atoms with E-state index in [-0.39, 0.29) is 18.2 Å². The maximum Gasteiger partial charge on any atom is 0.237 e. The summed E-state index contributed by atoms with van der Waals surface area (Å²) in [7, 11) is 0. The van der Waals surface area contributed by atoms with Crippen molar-refractivity contribution in [3.63, 3.8) is 0 Å². The number of carbonyl (C=O) groups is 2. The first-order valence-electron chi connectivity index (χ1n) is 8.65. The van der Waals surface area contributed by atoms with Crippen LogP contribution in [0, 0.1) is 0 Å². The summed E-state index contributed by atoms with van der Waals surface area (Å²) in [5.41, 5.74) is 0.998. The van der Waals surface area contributed by atoms with Crippen LogP contribution in [0.3, 0.4) is 0 Å². The van der Waals surface area contributed by atoms with Crippen LogP contribution in [0.2, 0.25) is 5.02 Å². The first kappa shape index (κ1) is 18.7. The zero-order valence-corrected chi connectivity index (χ0v) is 16.3. The Morgan fingerprint density at radius 2 is 1.96 bits per heavy atom. The van der Waals surface area contributed by atoms with Gasteiger partial charge in [0.05, 0.1) is 11.2 Å². The molecule has 2 heterocycles. The number of carbonyl (C=O) groups excluding carboxylic acids is 2. The summed E-state index contributed by atoms with van der Waals surface area (Å²) in [6, 6.07) is 17.0. The fourth-order valence-corrected chi connectivity index (χ4v) is 4.09. The monoisotopic (exact) mass is 413 g/mol. The van der Waals surface area contributed by atoms with Gasteiger partial charge in [-0.1, -0.05) is 35.5 Å². The standard InChI is InChI=1S/C21H16ClNO4S/c22-14-3-1-2-13(10-14)12-27-15-4-6-16(7-5-15)28-18-8-9-26-20(18)17-11-19(24)23-21(17)25/h1-10,17H,11-12H2,(H,23,24,25). The molecule has 0 radical (unpaired) electrons. The number of nitrogens with one attached hydrogen (secondary N) is 1. The van der Waals surface area contributed by atoms with Crippen molar-refractivity contribution < 1.29 is 18.7 Å². The van der Waals surface area contributed by atoms with E-state index in [1.165, 1.54) is 18.0 Å². The van der Waals surface area contributed by atoms with Gasteiger partial charge < -0.3 is 9.15 Å². The van der Waals surface area contributed by atoms with Crippen molar-refractivity contribution in [2.45, 2.75) is 28.7 Å². The predicted octanol–water partition coefficient (Wildman–Crippen LogP) is 4.79. The lowest BCUT2D eigenvalue weighted by Gasteiger charge is -2.09. The number of amides is 2. The molecule has 0 saturated carbocycles. The molecule has 28 heavy (non-hydrogen) atoms. The highest BCUT2D eigenvalue weighted by atomic mass is 35.5. The largest absolute Gasteiger partial charge is 0.489 e. The molecule has 1 aliphatic rings. The highest BCUT2D eigenvalue weighted by molar-refractivity contribution is 7.99. The van der Waals surface area contributed by atoms with Crippen molar-refractivity contribution in [3.05, 3.63) is 77.2 Å². The van der Waals surface area contributed by atoms with Crippen LogP contribution in [0.5, 0.6) is 5.75 Å². The maximum atomic E-state index is 11.9. The van der Waals surface area contributed by atoms with Crippen molar-refractivity contribution in [1.29, 1.82) is 0 Å². The second-order valence-electron chi connectivity index (χ2n) is 6.31. The van der Waals surface area contributed by atoms with Crippen LogP contribution < -0.4 is 10.1 Å². The Kier molecular flexibility index (Phi) is 5.41.